The van der Waals surface area contributed by atoms with E-state index in [0.717, 1.165) is 21.2 Å². The summed E-state index contributed by atoms with van der Waals surface area (Å²) in [4.78, 5) is 12.1. The van der Waals surface area contributed by atoms with Crippen molar-refractivity contribution in [1.82, 2.24) is 0 Å². The Morgan fingerprint density at radius 3 is 2.33 bits per heavy atom. The third-order valence-corrected chi connectivity index (χ3v) is 4.45. The number of amides is 1. The van der Waals surface area contributed by atoms with Crippen LogP contribution in [0.1, 0.15) is 17.7 Å². The topological polar surface area (TPSA) is 55.1 Å². The summed E-state index contributed by atoms with van der Waals surface area (Å²) in [5.74, 6) is -0.0728. The monoisotopic (exact) mass is 320 g/mol. The first kappa shape index (κ1) is 15.9. The van der Waals surface area contributed by atoms with E-state index in [4.69, 9.17) is 17.3 Å². The molecule has 2 rings (SSSR count). The number of nitrogens with two attached hydrogens (primary N) is 1. The summed E-state index contributed by atoms with van der Waals surface area (Å²) in [5.41, 5.74) is 7.82. The van der Waals surface area contributed by atoms with Crippen molar-refractivity contribution in [3.05, 3.63) is 59.1 Å². The van der Waals surface area contributed by atoms with E-state index in [-0.39, 0.29) is 11.2 Å². The summed E-state index contributed by atoms with van der Waals surface area (Å²) >= 11 is 7.60. The number of hydrogen-bond donors (Lipinski definition) is 2. The zero-order valence-corrected chi connectivity index (χ0v) is 13.2. The van der Waals surface area contributed by atoms with Crippen molar-refractivity contribution in [2.45, 2.75) is 17.1 Å². The van der Waals surface area contributed by atoms with Gasteiger partial charge in [-0.3, -0.25) is 4.79 Å². The maximum atomic E-state index is 11.0. The number of thioether (sulfide) groups is 1. The van der Waals surface area contributed by atoms with Crippen LogP contribution in [-0.2, 0) is 4.79 Å². The molecular weight excluding hydrogens is 304 g/mol. The van der Waals surface area contributed by atoms with Gasteiger partial charge < -0.3 is 11.1 Å². The smallest absolute Gasteiger partial charge is 0.221 e. The minimum absolute atomic E-state index is 0.0728. The number of anilines is 1. The molecule has 0 spiro atoms. The quantitative estimate of drug-likeness (QED) is 0.816. The number of rotatable bonds is 5. The van der Waals surface area contributed by atoms with E-state index in [2.05, 4.69) is 5.32 Å². The van der Waals surface area contributed by atoms with Gasteiger partial charge in [0.05, 0.1) is 0 Å². The molecule has 1 atom stereocenters. The highest BCUT2D eigenvalue weighted by atomic mass is 35.5. The average molecular weight is 321 g/mol. The minimum Gasteiger partial charge on any atom is -0.329 e. The Morgan fingerprint density at radius 2 is 1.81 bits per heavy atom. The molecule has 0 fully saturated rings. The van der Waals surface area contributed by atoms with Crippen LogP contribution in [0.5, 0.6) is 0 Å². The van der Waals surface area contributed by atoms with Crippen LogP contribution in [0.4, 0.5) is 5.69 Å². The average Bonchev–Trinajstić information content (AvgIpc) is 2.47. The Morgan fingerprint density at radius 1 is 1.19 bits per heavy atom. The lowest BCUT2D eigenvalue weighted by molar-refractivity contribution is -0.114. The molecule has 0 aromatic heterocycles. The molecule has 0 bridgehead atoms. The van der Waals surface area contributed by atoms with Crippen LogP contribution in [0.15, 0.2) is 53.4 Å². The van der Waals surface area contributed by atoms with Gasteiger partial charge in [-0.1, -0.05) is 23.7 Å². The first-order chi connectivity index (χ1) is 10.1. The fraction of sp³-hybridized carbons (Fsp3) is 0.188. The molecule has 0 aliphatic carbocycles. The molecule has 0 aliphatic rings. The van der Waals surface area contributed by atoms with Crippen molar-refractivity contribution >= 4 is 35.0 Å². The number of carbonyl (C=O) groups excluding carboxylic acids is 1. The standard InChI is InChI=1S/C16H17ClN2OS/c1-11(20)19-14-6-8-15(9-7-14)21-16(10-18)12-2-4-13(17)5-3-12/h2-9,16H,10,18H2,1H3,(H,19,20). The molecule has 0 radical (unpaired) electrons. The van der Waals surface area contributed by atoms with Crippen LogP contribution in [0, 0.1) is 0 Å². The zero-order chi connectivity index (χ0) is 15.2. The summed E-state index contributed by atoms with van der Waals surface area (Å²) in [6, 6.07) is 15.5. The highest BCUT2D eigenvalue weighted by Crippen LogP contribution is 2.35. The molecule has 110 valence electrons. The second-order valence-corrected chi connectivity index (χ2v) is 6.31. The van der Waals surface area contributed by atoms with Crippen LogP contribution in [0.3, 0.4) is 0 Å². The highest BCUT2D eigenvalue weighted by Gasteiger charge is 2.11. The fourth-order valence-corrected chi connectivity index (χ4v) is 3.05. The van der Waals surface area contributed by atoms with Gasteiger partial charge in [0, 0.05) is 34.3 Å². The molecule has 2 aromatic rings. The van der Waals surface area contributed by atoms with Crippen molar-refractivity contribution in [2.24, 2.45) is 5.73 Å². The van der Waals surface area contributed by atoms with E-state index in [0.29, 0.717) is 6.54 Å². The van der Waals surface area contributed by atoms with Gasteiger partial charge in [-0.25, -0.2) is 0 Å². The van der Waals surface area contributed by atoms with Crippen molar-refractivity contribution in [1.29, 1.82) is 0 Å². The van der Waals surface area contributed by atoms with Gasteiger partial charge in [0.1, 0.15) is 0 Å². The maximum absolute atomic E-state index is 11.0. The Bertz CT molecular complexity index is 599. The first-order valence-electron chi connectivity index (χ1n) is 6.58. The second kappa shape index (κ2) is 7.50. The highest BCUT2D eigenvalue weighted by molar-refractivity contribution is 7.99. The molecule has 2 aromatic carbocycles. The van der Waals surface area contributed by atoms with Crippen LogP contribution >= 0.6 is 23.4 Å². The second-order valence-electron chi connectivity index (χ2n) is 4.60. The van der Waals surface area contributed by atoms with Gasteiger partial charge in [-0.2, -0.15) is 0 Å². The lowest BCUT2D eigenvalue weighted by Crippen LogP contribution is -2.09. The van der Waals surface area contributed by atoms with Gasteiger partial charge in [-0.15, -0.1) is 11.8 Å². The Balaban J connectivity index is 2.07. The number of halogens is 1. The molecule has 3 N–H and O–H groups in total. The number of nitrogens with one attached hydrogen (secondary N) is 1. The van der Waals surface area contributed by atoms with Crippen molar-refractivity contribution in [3.8, 4) is 0 Å². The molecule has 1 amide bonds. The molecule has 0 saturated carbocycles. The van der Waals surface area contributed by atoms with E-state index in [1.54, 1.807) is 11.8 Å². The number of carbonyl (C=O) groups is 1. The van der Waals surface area contributed by atoms with E-state index in [1.807, 2.05) is 48.5 Å². The first-order valence-corrected chi connectivity index (χ1v) is 7.84. The number of benzene rings is 2. The Labute approximate surface area is 133 Å². The molecular formula is C16H17ClN2OS. The van der Waals surface area contributed by atoms with E-state index in [9.17, 15) is 4.79 Å². The Kier molecular flexibility index (Phi) is 5.67. The summed E-state index contributed by atoms with van der Waals surface area (Å²) in [6.07, 6.45) is 0. The maximum Gasteiger partial charge on any atom is 0.221 e. The van der Waals surface area contributed by atoms with Crippen LogP contribution in [0.25, 0.3) is 0 Å². The molecule has 1 unspecified atom stereocenters. The van der Waals surface area contributed by atoms with Gasteiger partial charge in [-0.05, 0) is 42.0 Å². The summed E-state index contributed by atoms with van der Waals surface area (Å²) < 4.78 is 0. The van der Waals surface area contributed by atoms with E-state index < -0.39 is 0 Å². The molecule has 3 nitrogen and oxygen atoms in total. The summed E-state index contributed by atoms with van der Waals surface area (Å²) in [7, 11) is 0. The molecule has 21 heavy (non-hydrogen) atoms. The zero-order valence-electron chi connectivity index (χ0n) is 11.7. The van der Waals surface area contributed by atoms with E-state index >= 15 is 0 Å². The normalized spacial score (nSPS) is 12.0. The van der Waals surface area contributed by atoms with Crippen LogP contribution < -0.4 is 11.1 Å². The van der Waals surface area contributed by atoms with Crippen LogP contribution in [-0.4, -0.2) is 12.5 Å². The lowest BCUT2D eigenvalue weighted by Gasteiger charge is -2.15. The molecule has 0 heterocycles. The number of hydrogen-bond acceptors (Lipinski definition) is 3. The summed E-state index contributed by atoms with van der Waals surface area (Å²) in [6.45, 7) is 2.04. The van der Waals surface area contributed by atoms with Crippen molar-refractivity contribution in [3.63, 3.8) is 0 Å². The van der Waals surface area contributed by atoms with Gasteiger partial charge >= 0.3 is 0 Å². The molecule has 5 heteroatoms. The van der Waals surface area contributed by atoms with Gasteiger partial charge in [0.2, 0.25) is 5.91 Å². The van der Waals surface area contributed by atoms with Crippen molar-refractivity contribution < 1.29 is 4.79 Å². The Hall–Kier alpha value is -1.49. The van der Waals surface area contributed by atoms with Gasteiger partial charge in [0.25, 0.3) is 0 Å². The lowest BCUT2D eigenvalue weighted by atomic mass is 10.1. The van der Waals surface area contributed by atoms with Crippen LogP contribution in [0.2, 0.25) is 5.02 Å². The predicted molar refractivity (Wildman–Crippen MR) is 89.9 cm³/mol. The predicted octanol–water partition coefficient (Wildman–Crippen LogP) is 4.09. The van der Waals surface area contributed by atoms with Gasteiger partial charge in [0.15, 0.2) is 0 Å². The molecule has 0 saturated heterocycles. The third kappa shape index (κ3) is 4.77. The molecule has 0 aliphatic heterocycles. The summed E-state index contributed by atoms with van der Waals surface area (Å²) in [5, 5.41) is 3.65. The largest absolute Gasteiger partial charge is 0.329 e. The fourth-order valence-electron chi connectivity index (χ4n) is 1.91. The minimum atomic E-state index is -0.0728. The third-order valence-electron chi connectivity index (χ3n) is 2.91. The van der Waals surface area contributed by atoms with E-state index in [1.165, 1.54) is 6.92 Å². The SMILES string of the molecule is CC(=O)Nc1ccc(SC(CN)c2ccc(Cl)cc2)cc1. The van der Waals surface area contributed by atoms with Crippen molar-refractivity contribution in [2.75, 3.05) is 11.9 Å².